The molecule has 0 amide bonds. The van der Waals surface area contributed by atoms with E-state index in [0.29, 0.717) is 16.7 Å². The SMILES string of the molecule is CCN1CCCC(CNc2nc3sccn3c2[N+](=O)[O-])C1. The maximum atomic E-state index is 11.2. The van der Waals surface area contributed by atoms with Crippen LogP contribution in [0.1, 0.15) is 19.8 Å². The fourth-order valence-electron chi connectivity index (χ4n) is 2.91. The van der Waals surface area contributed by atoms with Crippen molar-refractivity contribution in [2.45, 2.75) is 19.8 Å². The van der Waals surface area contributed by atoms with Crippen molar-refractivity contribution in [2.75, 3.05) is 31.5 Å². The Hall–Kier alpha value is -1.67. The maximum absolute atomic E-state index is 11.2. The second-order valence-corrected chi connectivity index (χ2v) is 6.25. The molecule has 2 aromatic rings. The number of hydrogen-bond acceptors (Lipinski definition) is 6. The van der Waals surface area contributed by atoms with E-state index >= 15 is 0 Å². The van der Waals surface area contributed by atoms with Gasteiger partial charge in [-0.3, -0.25) is 0 Å². The summed E-state index contributed by atoms with van der Waals surface area (Å²) in [4.78, 5) is 18.3. The van der Waals surface area contributed by atoms with Gasteiger partial charge in [0.15, 0.2) is 0 Å². The van der Waals surface area contributed by atoms with E-state index in [0.717, 1.165) is 26.2 Å². The van der Waals surface area contributed by atoms with E-state index in [4.69, 9.17) is 0 Å². The minimum Gasteiger partial charge on any atom is -0.363 e. The molecule has 3 heterocycles. The first-order valence-electron chi connectivity index (χ1n) is 7.25. The number of imidazole rings is 1. The third-order valence-corrected chi connectivity index (χ3v) is 4.77. The van der Waals surface area contributed by atoms with Gasteiger partial charge in [0.1, 0.15) is 6.20 Å². The van der Waals surface area contributed by atoms with Gasteiger partial charge < -0.3 is 20.3 Å². The lowest BCUT2D eigenvalue weighted by molar-refractivity contribution is -0.389. The number of likely N-dealkylation sites (tertiary alicyclic amines) is 1. The molecule has 0 aromatic carbocycles. The molecule has 0 radical (unpaired) electrons. The molecule has 8 heteroatoms. The summed E-state index contributed by atoms with van der Waals surface area (Å²) >= 11 is 1.40. The molecular formula is C13H19N5O2S. The highest BCUT2D eigenvalue weighted by molar-refractivity contribution is 7.15. The van der Waals surface area contributed by atoms with Crippen LogP contribution in [0.2, 0.25) is 0 Å². The average Bonchev–Trinajstić information content (AvgIpc) is 3.05. The van der Waals surface area contributed by atoms with Gasteiger partial charge in [0.05, 0.1) is 0 Å². The molecular weight excluding hydrogens is 290 g/mol. The van der Waals surface area contributed by atoms with Crippen LogP contribution in [-0.2, 0) is 0 Å². The van der Waals surface area contributed by atoms with Crippen LogP contribution in [0, 0.1) is 16.0 Å². The largest absolute Gasteiger partial charge is 0.372 e. The molecule has 114 valence electrons. The van der Waals surface area contributed by atoms with Crippen LogP contribution in [0.25, 0.3) is 4.96 Å². The summed E-state index contributed by atoms with van der Waals surface area (Å²) in [6.45, 7) is 6.19. The number of fused-ring (bicyclic) bond motifs is 1. The molecule has 1 aliphatic rings. The van der Waals surface area contributed by atoms with Gasteiger partial charge in [-0.15, -0.1) is 0 Å². The van der Waals surface area contributed by atoms with E-state index in [2.05, 4.69) is 22.1 Å². The van der Waals surface area contributed by atoms with Gasteiger partial charge in [0, 0.05) is 18.5 Å². The lowest BCUT2D eigenvalue weighted by Gasteiger charge is -2.31. The Kier molecular flexibility index (Phi) is 4.07. The van der Waals surface area contributed by atoms with Crippen molar-refractivity contribution in [3.8, 4) is 0 Å². The minimum atomic E-state index is -0.367. The number of thiazole rings is 1. The van der Waals surface area contributed by atoms with Crippen LogP contribution in [-0.4, -0.2) is 45.4 Å². The number of nitrogens with one attached hydrogen (secondary N) is 1. The molecule has 0 saturated carbocycles. The minimum absolute atomic E-state index is 0.0365. The number of hydrogen-bond donors (Lipinski definition) is 1. The van der Waals surface area contributed by atoms with E-state index in [1.807, 2.05) is 0 Å². The Morgan fingerprint density at radius 3 is 3.24 bits per heavy atom. The van der Waals surface area contributed by atoms with E-state index < -0.39 is 0 Å². The number of nitrogens with zero attached hydrogens (tertiary/aromatic N) is 4. The molecule has 1 atom stereocenters. The summed E-state index contributed by atoms with van der Waals surface area (Å²) in [5.41, 5.74) is 0. The van der Waals surface area contributed by atoms with Crippen molar-refractivity contribution < 1.29 is 4.92 Å². The predicted octanol–water partition coefficient (Wildman–Crippen LogP) is 2.45. The summed E-state index contributed by atoms with van der Waals surface area (Å²) in [7, 11) is 0. The van der Waals surface area contributed by atoms with Gasteiger partial charge in [0.25, 0.3) is 4.96 Å². The normalized spacial score (nSPS) is 20.0. The van der Waals surface area contributed by atoms with Gasteiger partial charge >= 0.3 is 5.82 Å². The number of nitro groups is 1. The number of piperidine rings is 1. The highest BCUT2D eigenvalue weighted by Gasteiger charge is 2.25. The Morgan fingerprint density at radius 2 is 2.48 bits per heavy atom. The van der Waals surface area contributed by atoms with E-state index in [1.165, 1.54) is 28.6 Å². The Balaban J connectivity index is 1.71. The number of anilines is 1. The summed E-state index contributed by atoms with van der Waals surface area (Å²) in [6.07, 6.45) is 4.05. The number of rotatable bonds is 5. The first-order valence-corrected chi connectivity index (χ1v) is 8.13. The zero-order valence-electron chi connectivity index (χ0n) is 12.0. The van der Waals surface area contributed by atoms with Crippen LogP contribution in [0.4, 0.5) is 11.6 Å². The predicted molar refractivity (Wildman–Crippen MR) is 83.1 cm³/mol. The lowest BCUT2D eigenvalue weighted by Crippen LogP contribution is -2.37. The summed E-state index contributed by atoms with van der Waals surface area (Å²) in [5.74, 6) is 0.952. The summed E-state index contributed by atoms with van der Waals surface area (Å²) in [5, 5.41) is 16.2. The molecule has 1 unspecified atom stereocenters. The maximum Gasteiger partial charge on any atom is 0.372 e. The smallest absolute Gasteiger partial charge is 0.363 e. The Labute approximate surface area is 126 Å². The van der Waals surface area contributed by atoms with E-state index in [1.54, 1.807) is 11.6 Å². The van der Waals surface area contributed by atoms with E-state index in [-0.39, 0.29) is 10.7 Å². The first-order chi connectivity index (χ1) is 10.2. The van der Waals surface area contributed by atoms with Crippen molar-refractivity contribution in [2.24, 2.45) is 5.92 Å². The molecule has 1 N–H and O–H groups in total. The third kappa shape index (κ3) is 2.86. The molecule has 21 heavy (non-hydrogen) atoms. The van der Waals surface area contributed by atoms with Gasteiger partial charge in [0.2, 0.25) is 5.82 Å². The summed E-state index contributed by atoms with van der Waals surface area (Å²) < 4.78 is 1.53. The Bertz CT molecular complexity index is 638. The quantitative estimate of drug-likeness (QED) is 0.678. The second-order valence-electron chi connectivity index (χ2n) is 5.38. The highest BCUT2D eigenvalue weighted by Crippen LogP contribution is 2.28. The van der Waals surface area contributed by atoms with Crippen LogP contribution in [0.3, 0.4) is 0 Å². The standard InChI is InChI=1S/C13H19N5O2S/c1-2-16-5-3-4-10(9-16)8-14-11-12(18(19)20)17-6-7-21-13(17)15-11/h6-7,10,14H,2-5,8-9H2,1H3. The number of aromatic nitrogens is 2. The fourth-order valence-corrected chi connectivity index (χ4v) is 3.62. The van der Waals surface area contributed by atoms with Crippen LogP contribution in [0.15, 0.2) is 11.6 Å². The molecule has 2 aromatic heterocycles. The highest BCUT2D eigenvalue weighted by atomic mass is 32.1. The van der Waals surface area contributed by atoms with Crippen molar-refractivity contribution in [3.05, 3.63) is 21.7 Å². The van der Waals surface area contributed by atoms with Crippen LogP contribution >= 0.6 is 11.3 Å². The molecule has 0 bridgehead atoms. The average molecular weight is 309 g/mol. The second kappa shape index (κ2) is 5.98. The molecule has 0 spiro atoms. The van der Waals surface area contributed by atoms with Crippen molar-refractivity contribution in [3.63, 3.8) is 0 Å². The zero-order chi connectivity index (χ0) is 14.8. The third-order valence-electron chi connectivity index (χ3n) is 4.02. The molecule has 1 fully saturated rings. The van der Waals surface area contributed by atoms with Gasteiger partial charge in [-0.25, -0.2) is 0 Å². The van der Waals surface area contributed by atoms with Crippen molar-refractivity contribution in [1.82, 2.24) is 14.3 Å². The van der Waals surface area contributed by atoms with Gasteiger partial charge in [-0.1, -0.05) is 18.3 Å². The molecule has 0 aliphatic carbocycles. The van der Waals surface area contributed by atoms with Crippen molar-refractivity contribution >= 4 is 27.9 Å². The fraction of sp³-hybridized carbons (Fsp3) is 0.615. The van der Waals surface area contributed by atoms with E-state index in [9.17, 15) is 10.1 Å². The molecule has 1 saturated heterocycles. The monoisotopic (exact) mass is 309 g/mol. The van der Waals surface area contributed by atoms with Crippen LogP contribution < -0.4 is 5.32 Å². The topological polar surface area (TPSA) is 75.7 Å². The van der Waals surface area contributed by atoms with Crippen LogP contribution in [0.5, 0.6) is 0 Å². The Morgan fingerprint density at radius 1 is 1.62 bits per heavy atom. The van der Waals surface area contributed by atoms with Crippen molar-refractivity contribution in [1.29, 1.82) is 0 Å². The molecule has 7 nitrogen and oxygen atoms in total. The zero-order valence-corrected chi connectivity index (χ0v) is 12.8. The first kappa shape index (κ1) is 14.3. The summed E-state index contributed by atoms with van der Waals surface area (Å²) in [6, 6.07) is 0. The van der Waals surface area contributed by atoms with Gasteiger partial charge in [-0.05, 0) is 36.8 Å². The van der Waals surface area contributed by atoms with Gasteiger partial charge in [-0.2, -0.15) is 9.38 Å². The molecule has 1 aliphatic heterocycles. The lowest BCUT2D eigenvalue weighted by atomic mass is 9.98. The molecule has 3 rings (SSSR count).